The molecule has 1 N–H and O–H groups in total. The number of aryl methyl sites for hydroxylation is 1. The Morgan fingerprint density at radius 1 is 1.26 bits per heavy atom. The van der Waals surface area contributed by atoms with Crippen molar-refractivity contribution < 1.29 is 4.74 Å². The Morgan fingerprint density at radius 2 is 2.11 bits per heavy atom. The fourth-order valence-electron chi connectivity index (χ4n) is 1.82. The lowest BCUT2D eigenvalue weighted by Gasteiger charge is -2.12. The molecule has 19 heavy (non-hydrogen) atoms. The Morgan fingerprint density at radius 3 is 2.74 bits per heavy atom. The minimum absolute atomic E-state index is 0.249. The van der Waals surface area contributed by atoms with Gasteiger partial charge in [-0.3, -0.25) is 9.97 Å². The molecule has 0 saturated carbocycles. The van der Waals surface area contributed by atoms with Gasteiger partial charge in [0.05, 0.1) is 17.6 Å². The highest BCUT2D eigenvalue weighted by Crippen LogP contribution is 2.23. The number of pyridine rings is 2. The number of hydrogen-bond acceptors (Lipinski definition) is 4. The highest BCUT2D eigenvalue weighted by atomic mass is 16.5. The van der Waals surface area contributed by atoms with E-state index in [4.69, 9.17) is 4.74 Å². The Labute approximate surface area is 113 Å². The van der Waals surface area contributed by atoms with E-state index >= 15 is 0 Å². The fourth-order valence-corrected chi connectivity index (χ4v) is 1.82. The van der Waals surface area contributed by atoms with Gasteiger partial charge < -0.3 is 10.1 Å². The topological polar surface area (TPSA) is 47.0 Å². The summed E-state index contributed by atoms with van der Waals surface area (Å²) in [7, 11) is 0. The van der Waals surface area contributed by atoms with Crippen molar-refractivity contribution in [3.63, 3.8) is 0 Å². The number of aromatic nitrogens is 2. The zero-order valence-electron chi connectivity index (χ0n) is 11.6. The van der Waals surface area contributed by atoms with E-state index in [1.54, 1.807) is 12.4 Å². The zero-order chi connectivity index (χ0) is 13.7. The molecule has 0 fully saturated rings. The summed E-state index contributed by atoms with van der Waals surface area (Å²) in [6, 6.07) is 7.92. The molecule has 0 aliphatic heterocycles. The van der Waals surface area contributed by atoms with E-state index < -0.39 is 0 Å². The fraction of sp³-hybridized carbons (Fsp3) is 0.333. The Bertz CT molecular complexity index is 525. The van der Waals surface area contributed by atoms with Gasteiger partial charge in [-0.1, -0.05) is 6.92 Å². The largest absolute Gasteiger partial charge is 0.454 e. The van der Waals surface area contributed by atoms with Gasteiger partial charge in [0.1, 0.15) is 11.5 Å². The van der Waals surface area contributed by atoms with Crippen LogP contribution in [0.1, 0.15) is 31.3 Å². The second kappa shape index (κ2) is 6.29. The molecule has 0 spiro atoms. The van der Waals surface area contributed by atoms with Crippen LogP contribution in [0.5, 0.6) is 11.5 Å². The van der Waals surface area contributed by atoms with Gasteiger partial charge in [0, 0.05) is 12.2 Å². The first-order valence-corrected chi connectivity index (χ1v) is 6.49. The average Bonchev–Trinajstić information content (AvgIpc) is 2.42. The molecule has 0 aliphatic carbocycles. The summed E-state index contributed by atoms with van der Waals surface area (Å²) in [5.74, 6) is 1.49. The summed E-state index contributed by atoms with van der Waals surface area (Å²) >= 11 is 0. The van der Waals surface area contributed by atoms with Crippen molar-refractivity contribution in [2.24, 2.45) is 0 Å². The summed E-state index contributed by atoms with van der Waals surface area (Å²) in [5, 5.41) is 3.33. The van der Waals surface area contributed by atoms with Gasteiger partial charge in [0.2, 0.25) is 0 Å². The van der Waals surface area contributed by atoms with Crippen molar-refractivity contribution in [1.29, 1.82) is 0 Å². The second-order valence-electron chi connectivity index (χ2n) is 4.39. The van der Waals surface area contributed by atoms with E-state index in [1.165, 1.54) is 0 Å². The van der Waals surface area contributed by atoms with Crippen LogP contribution in [0.2, 0.25) is 0 Å². The van der Waals surface area contributed by atoms with Crippen molar-refractivity contribution >= 4 is 0 Å². The molecule has 2 rings (SSSR count). The van der Waals surface area contributed by atoms with Crippen LogP contribution in [-0.2, 0) is 0 Å². The molecule has 0 aliphatic rings. The first kappa shape index (κ1) is 13.5. The Balaban J connectivity index is 2.09. The van der Waals surface area contributed by atoms with Crippen molar-refractivity contribution in [3.05, 3.63) is 48.0 Å². The second-order valence-corrected chi connectivity index (χ2v) is 4.39. The van der Waals surface area contributed by atoms with Crippen LogP contribution in [0.3, 0.4) is 0 Å². The van der Waals surface area contributed by atoms with E-state index in [2.05, 4.69) is 29.1 Å². The summed E-state index contributed by atoms with van der Waals surface area (Å²) in [6.07, 6.45) is 3.50. The monoisotopic (exact) mass is 257 g/mol. The van der Waals surface area contributed by atoms with Crippen LogP contribution in [0, 0.1) is 6.92 Å². The molecule has 2 aromatic heterocycles. The maximum Gasteiger partial charge on any atom is 0.148 e. The molecular weight excluding hydrogens is 238 g/mol. The number of hydrogen-bond donors (Lipinski definition) is 1. The summed E-state index contributed by atoms with van der Waals surface area (Å²) in [6.45, 7) is 7.02. The molecular formula is C15H19N3O. The molecule has 1 atom stereocenters. The smallest absolute Gasteiger partial charge is 0.148 e. The maximum absolute atomic E-state index is 5.76. The van der Waals surface area contributed by atoms with Crippen molar-refractivity contribution in [3.8, 4) is 11.5 Å². The molecule has 4 heteroatoms. The van der Waals surface area contributed by atoms with E-state index in [-0.39, 0.29) is 6.04 Å². The van der Waals surface area contributed by atoms with E-state index in [1.807, 2.05) is 31.2 Å². The van der Waals surface area contributed by atoms with Gasteiger partial charge in [-0.25, -0.2) is 0 Å². The van der Waals surface area contributed by atoms with Crippen LogP contribution < -0.4 is 10.1 Å². The molecule has 4 nitrogen and oxygen atoms in total. The number of nitrogens with one attached hydrogen (secondary N) is 1. The molecule has 0 aromatic carbocycles. The van der Waals surface area contributed by atoms with Crippen LogP contribution in [0.25, 0.3) is 0 Å². The lowest BCUT2D eigenvalue weighted by Crippen LogP contribution is -2.18. The lowest BCUT2D eigenvalue weighted by molar-refractivity contribution is 0.471. The van der Waals surface area contributed by atoms with E-state index in [0.717, 1.165) is 29.4 Å². The van der Waals surface area contributed by atoms with E-state index in [0.29, 0.717) is 0 Å². The van der Waals surface area contributed by atoms with Gasteiger partial charge in [0.15, 0.2) is 0 Å². The third-order valence-corrected chi connectivity index (χ3v) is 2.90. The van der Waals surface area contributed by atoms with Gasteiger partial charge in [0.25, 0.3) is 0 Å². The number of ether oxygens (including phenoxy) is 1. The van der Waals surface area contributed by atoms with E-state index in [9.17, 15) is 0 Å². The Hall–Kier alpha value is -1.94. The maximum atomic E-state index is 5.76. The highest BCUT2D eigenvalue weighted by Gasteiger charge is 2.06. The first-order valence-electron chi connectivity index (χ1n) is 6.49. The standard InChI is InChI=1S/C15H19N3O/c1-4-16-11(2)14-8-7-13(10-18-14)19-15-6-5-9-17-12(15)3/h5-11,16H,4H2,1-3H3. The summed E-state index contributed by atoms with van der Waals surface area (Å²) in [4.78, 5) is 8.61. The molecule has 100 valence electrons. The van der Waals surface area contributed by atoms with Gasteiger partial charge >= 0.3 is 0 Å². The molecule has 0 bridgehead atoms. The predicted molar refractivity (Wildman–Crippen MR) is 75.4 cm³/mol. The molecule has 0 amide bonds. The van der Waals surface area contributed by atoms with Crippen LogP contribution in [-0.4, -0.2) is 16.5 Å². The average molecular weight is 257 g/mol. The third-order valence-electron chi connectivity index (χ3n) is 2.90. The summed E-state index contributed by atoms with van der Waals surface area (Å²) in [5.41, 5.74) is 1.88. The lowest BCUT2D eigenvalue weighted by atomic mass is 10.2. The highest BCUT2D eigenvalue weighted by molar-refractivity contribution is 5.32. The van der Waals surface area contributed by atoms with Gasteiger partial charge in [-0.15, -0.1) is 0 Å². The number of nitrogens with zero attached hydrogens (tertiary/aromatic N) is 2. The van der Waals surface area contributed by atoms with Crippen LogP contribution in [0.15, 0.2) is 36.7 Å². The normalized spacial score (nSPS) is 12.2. The Kier molecular flexibility index (Phi) is 4.47. The van der Waals surface area contributed by atoms with Crippen LogP contribution >= 0.6 is 0 Å². The quantitative estimate of drug-likeness (QED) is 0.893. The van der Waals surface area contributed by atoms with Crippen LogP contribution in [0.4, 0.5) is 0 Å². The first-order chi connectivity index (χ1) is 9.20. The zero-order valence-corrected chi connectivity index (χ0v) is 11.6. The van der Waals surface area contributed by atoms with Crippen molar-refractivity contribution in [2.45, 2.75) is 26.8 Å². The summed E-state index contributed by atoms with van der Waals surface area (Å²) < 4.78 is 5.76. The minimum atomic E-state index is 0.249. The van der Waals surface area contributed by atoms with Gasteiger partial charge in [-0.05, 0) is 44.7 Å². The predicted octanol–water partition coefficient (Wildman–Crippen LogP) is 3.25. The van der Waals surface area contributed by atoms with Crippen molar-refractivity contribution in [2.75, 3.05) is 6.54 Å². The minimum Gasteiger partial charge on any atom is -0.454 e. The molecule has 1 unspecified atom stereocenters. The molecule has 2 aromatic rings. The van der Waals surface area contributed by atoms with Crippen molar-refractivity contribution in [1.82, 2.24) is 15.3 Å². The molecule has 0 saturated heterocycles. The SMILES string of the molecule is CCNC(C)c1ccc(Oc2cccnc2C)cn1. The molecule has 0 radical (unpaired) electrons. The number of rotatable bonds is 5. The molecule has 2 heterocycles. The third kappa shape index (κ3) is 3.51. The van der Waals surface area contributed by atoms with Gasteiger partial charge in [-0.2, -0.15) is 0 Å².